The van der Waals surface area contributed by atoms with Crippen molar-refractivity contribution in [1.29, 1.82) is 0 Å². The highest BCUT2D eigenvalue weighted by molar-refractivity contribution is 6.31. The lowest BCUT2D eigenvalue weighted by molar-refractivity contribution is -0.137. The van der Waals surface area contributed by atoms with Crippen molar-refractivity contribution in [3.05, 3.63) is 123 Å². The van der Waals surface area contributed by atoms with Crippen molar-refractivity contribution in [3.8, 4) is 0 Å². The van der Waals surface area contributed by atoms with Gasteiger partial charge in [0.25, 0.3) is 5.91 Å². The van der Waals surface area contributed by atoms with Gasteiger partial charge in [-0.2, -0.15) is 13.2 Å². The number of hydrogen-bond donors (Lipinski definition) is 2. The zero-order valence-corrected chi connectivity index (χ0v) is 21.2. The fourth-order valence-electron chi connectivity index (χ4n) is 5.29. The molecule has 0 fully saturated rings. The number of amides is 1. The van der Waals surface area contributed by atoms with Gasteiger partial charge in [-0.3, -0.25) is 9.59 Å². The monoisotopic (exact) mass is 536 g/mol. The summed E-state index contributed by atoms with van der Waals surface area (Å²) in [5, 5.41) is 6.27. The van der Waals surface area contributed by atoms with Crippen LogP contribution < -0.4 is 10.6 Å². The molecule has 3 aromatic carbocycles. The van der Waals surface area contributed by atoms with Gasteiger partial charge in [0.05, 0.1) is 5.56 Å². The van der Waals surface area contributed by atoms with Gasteiger partial charge in [-0.25, -0.2) is 0 Å². The molecule has 2 aliphatic rings. The van der Waals surface area contributed by atoms with Crippen LogP contribution in [-0.4, -0.2) is 11.7 Å². The van der Waals surface area contributed by atoms with Crippen molar-refractivity contribution in [2.24, 2.45) is 0 Å². The number of carbonyl (C=O) groups excluding carboxylic acids is 2. The Kier molecular flexibility index (Phi) is 6.88. The van der Waals surface area contributed by atoms with Gasteiger partial charge in [-0.1, -0.05) is 66.2 Å². The van der Waals surface area contributed by atoms with Gasteiger partial charge in [0, 0.05) is 45.6 Å². The molecule has 0 bridgehead atoms. The molecule has 1 aliphatic carbocycles. The molecule has 0 unspecified atom stereocenters. The molecule has 0 radical (unpaired) electrons. The Morgan fingerprint density at radius 2 is 1.68 bits per heavy atom. The van der Waals surface area contributed by atoms with E-state index in [2.05, 4.69) is 10.6 Å². The first-order valence-electron chi connectivity index (χ1n) is 12.2. The minimum Gasteiger partial charge on any atom is -0.362 e. The van der Waals surface area contributed by atoms with E-state index < -0.39 is 23.6 Å². The van der Waals surface area contributed by atoms with Crippen molar-refractivity contribution in [1.82, 2.24) is 5.32 Å². The summed E-state index contributed by atoms with van der Waals surface area (Å²) in [6, 6.07) is 21.2. The SMILES string of the molecule is CC1=C(C(=O)Nc2cccc(C(F)(F)F)c2)[C@H](c2ccccc2Cl)C2=C(C[C@@H](c3ccccc3)CC2=O)N1. The predicted molar refractivity (Wildman–Crippen MR) is 141 cm³/mol. The Bertz CT molecular complexity index is 1480. The van der Waals surface area contributed by atoms with E-state index in [0.29, 0.717) is 28.3 Å². The van der Waals surface area contributed by atoms with Crippen LogP contribution in [0.3, 0.4) is 0 Å². The first kappa shape index (κ1) is 25.8. The molecule has 0 aromatic heterocycles. The fraction of sp³-hybridized carbons (Fsp3) is 0.200. The molecule has 4 nitrogen and oxygen atoms in total. The zero-order chi connectivity index (χ0) is 27.0. The number of carbonyl (C=O) groups is 2. The molecular formula is C30H24ClF3N2O2. The first-order chi connectivity index (χ1) is 18.1. The molecule has 38 heavy (non-hydrogen) atoms. The molecule has 8 heteroatoms. The summed E-state index contributed by atoms with van der Waals surface area (Å²) in [7, 11) is 0. The lowest BCUT2D eigenvalue weighted by Crippen LogP contribution is -2.37. The summed E-state index contributed by atoms with van der Waals surface area (Å²) >= 11 is 6.58. The minimum atomic E-state index is -4.55. The third-order valence-corrected chi connectivity index (χ3v) is 7.35. The summed E-state index contributed by atoms with van der Waals surface area (Å²) in [4.78, 5) is 27.3. The number of Topliss-reactive ketones (excluding diaryl/α,β-unsaturated/α-hetero) is 1. The van der Waals surface area contributed by atoms with E-state index in [4.69, 9.17) is 11.6 Å². The molecule has 2 N–H and O–H groups in total. The molecular weight excluding hydrogens is 513 g/mol. The maximum absolute atomic E-state index is 13.7. The van der Waals surface area contributed by atoms with E-state index in [1.807, 2.05) is 30.3 Å². The van der Waals surface area contributed by atoms with Gasteiger partial charge in [-0.05, 0) is 54.7 Å². The van der Waals surface area contributed by atoms with Crippen LogP contribution in [0.15, 0.2) is 101 Å². The molecule has 1 aliphatic heterocycles. The first-order valence-corrected chi connectivity index (χ1v) is 12.5. The summed E-state index contributed by atoms with van der Waals surface area (Å²) in [6.07, 6.45) is -3.70. The fourth-order valence-corrected chi connectivity index (χ4v) is 5.54. The lowest BCUT2D eigenvalue weighted by Gasteiger charge is -2.37. The van der Waals surface area contributed by atoms with Crippen LogP contribution in [0.4, 0.5) is 18.9 Å². The third kappa shape index (κ3) is 4.98. The second-order valence-electron chi connectivity index (χ2n) is 9.48. The van der Waals surface area contributed by atoms with Gasteiger partial charge in [0.1, 0.15) is 0 Å². The number of allylic oxidation sites excluding steroid dienone is 3. The quantitative estimate of drug-likeness (QED) is 0.366. The normalized spacial score (nSPS) is 19.7. The molecule has 194 valence electrons. The van der Waals surface area contributed by atoms with E-state index in [0.717, 1.165) is 23.4 Å². The largest absolute Gasteiger partial charge is 0.416 e. The number of anilines is 1. The summed E-state index contributed by atoms with van der Waals surface area (Å²) < 4.78 is 39.7. The van der Waals surface area contributed by atoms with Crippen LogP contribution in [0.25, 0.3) is 0 Å². The second kappa shape index (κ2) is 10.1. The van der Waals surface area contributed by atoms with E-state index in [9.17, 15) is 22.8 Å². The van der Waals surface area contributed by atoms with E-state index >= 15 is 0 Å². The third-order valence-electron chi connectivity index (χ3n) is 7.01. The average Bonchev–Trinajstić information content (AvgIpc) is 2.88. The molecule has 2 atom stereocenters. The van der Waals surface area contributed by atoms with E-state index in [1.165, 1.54) is 12.1 Å². The van der Waals surface area contributed by atoms with Crippen molar-refractivity contribution in [2.45, 2.75) is 37.8 Å². The molecule has 3 aromatic rings. The van der Waals surface area contributed by atoms with Crippen LogP contribution in [0.5, 0.6) is 0 Å². The van der Waals surface area contributed by atoms with Gasteiger partial charge >= 0.3 is 6.18 Å². The maximum atomic E-state index is 13.7. The van der Waals surface area contributed by atoms with Crippen LogP contribution in [-0.2, 0) is 15.8 Å². The summed E-state index contributed by atoms with van der Waals surface area (Å²) in [5.74, 6) is -1.50. The van der Waals surface area contributed by atoms with Gasteiger partial charge < -0.3 is 10.6 Å². The summed E-state index contributed by atoms with van der Waals surface area (Å²) in [5.41, 5.74) is 2.71. The Morgan fingerprint density at radius 3 is 2.39 bits per heavy atom. The van der Waals surface area contributed by atoms with Gasteiger partial charge in [-0.15, -0.1) is 0 Å². The molecule has 5 rings (SSSR count). The van der Waals surface area contributed by atoms with Crippen LogP contribution >= 0.6 is 11.6 Å². The van der Waals surface area contributed by atoms with Crippen molar-refractivity contribution in [2.75, 3.05) is 5.32 Å². The standard InChI is InChI=1S/C30H24ClF3N2O2/c1-17-26(29(38)36-21-11-7-10-20(16-21)30(32,33)34)27(22-12-5-6-13-23(22)31)28-24(35-17)14-19(15-25(28)37)18-8-3-2-4-9-18/h2-13,16,19,27,35H,14-15H2,1H3,(H,36,38)/t19-,27+/m1/s1. The number of ketones is 1. The lowest BCUT2D eigenvalue weighted by atomic mass is 9.71. The van der Waals surface area contributed by atoms with Gasteiger partial charge in [0.15, 0.2) is 5.78 Å². The molecule has 0 saturated heterocycles. The number of alkyl halides is 3. The molecule has 0 saturated carbocycles. The van der Waals surface area contributed by atoms with E-state index in [-0.39, 0.29) is 29.4 Å². The molecule has 0 spiro atoms. The van der Waals surface area contributed by atoms with E-state index in [1.54, 1.807) is 31.2 Å². The Hall–Kier alpha value is -3.84. The van der Waals surface area contributed by atoms with Crippen LogP contribution in [0.1, 0.15) is 48.3 Å². The number of dihydropyridines is 1. The van der Waals surface area contributed by atoms with Crippen molar-refractivity contribution < 1.29 is 22.8 Å². The highest BCUT2D eigenvalue weighted by Gasteiger charge is 2.41. The van der Waals surface area contributed by atoms with Crippen molar-refractivity contribution in [3.63, 3.8) is 0 Å². The number of rotatable bonds is 4. The Labute approximate surface area is 223 Å². The van der Waals surface area contributed by atoms with Crippen molar-refractivity contribution >= 4 is 29.0 Å². The highest BCUT2D eigenvalue weighted by Crippen LogP contribution is 2.47. The number of halogens is 4. The number of nitrogens with one attached hydrogen (secondary N) is 2. The minimum absolute atomic E-state index is 0.00178. The number of hydrogen-bond acceptors (Lipinski definition) is 3. The maximum Gasteiger partial charge on any atom is 0.416 e. The number of benzene rings is 3. The zero-order valence-electron chi connectivity index (χ0n) is 20.4. The van der Waals surface area contributed by atoms with Crippen LogP contribution in [0, 0.1) is 0 Å². The Balaban J connectivity index is 1.55. The predicted octanol–water partition coefficient (Wildman–Crippen LogP) is 7.36. The topological polar surface area (TPSA) is 58.2 Å². The second-order valence-corrected chi connectivity index (χ2v) is 9.89. The van der Waals surface area contributed by atoms with Gasteiger partial charge in [0.2, 0.25) is 0 Å². The summed E-state index contributed by atoms with van der Waals surface area (Å²) in [6.45, 7) is 1.73. The smallest absolute Gasteiger partial charge is 0.362 e. The molecule has 1 heterocycles. The van der Waals surface area contributed by atoms with Crippen LogP contribution in [0.2, 0.25) is 5.02 Å². The Morgan fingerprint density at radius 1 is 0.974 bits per heavy atom. The molecule has 1 amide bonds. The average molecular weight is 537 g/mol. The highest BCUT2D eigenvalue weighted by atomic mass is 35.5.